The van der Waals surface area contributed by atoms with Crippen molar-refractivity contribution in [1.82, 2.24) is 4.98 Å². The zero-order valence-electron chi connectivity index (χ0n) is 9.66. The first kappa shape index (κ1) is 10.1. The number of carbonyl (C=O) groups excluding carboxylic acids is 1. The Hall–Kier alpha value is -2.09. The molecule has 0 saturated heterocycles. The van der Waals surface area contributed by atoms with Crippen LogP contribution < -0.4 is 0 Å². The molecule has 84 valence electrons. The van der Waals surface area contributed by atoms with Gasteiger partial charge in [0.05, 0.1) is 5.52 Å². The second-order valence-corrected chi connectivity index (χ2v) is 4.20. The molecule has 0 atom stereocenters. The number of hydrogen-bond donors (Lipinski definition) is 1. The Morgan fingerprint density at radius 3 is 2.71 bits per heavy atom. The Kier molecular flexibility index (Phi) is 2.22. The van der Waals surface area contributed by atoms with Gasteiger partial charge in [0.1, 0.15) is 6.29 Å². The summed E-state index contributed by atoms with van der Waals surface area (Å²) in [5, 5.41) is 2.41. The van der Waals surface area contributed by atoms with Crippen molar-refractivity contribution < 1.29 is 4.79 Å². The third-order valence-corrected chi connectivity index (χ3v) is 3.31. The van der Waals surface area contributed by atoms with Gasteiger partial charge in [0.25, 0.3) is 0 Å². The van der Waals surface area contributed by atoms with Gasteiger partial charge in [0, 0.05) is 21.9 Å². The number of nitrogens with one attached hydrogen (secondary N) is 1. The molecule has 0 bridgehead atoms. The summed E-state index contributed by atoms with van der Waals surface area (Å²) >= 11 is 0. The fourth-order valence-electron chi connectivity index (χ4n) is 2.48. The molecular weight excluding hydrogens is 210 g/mol. The van der Waals surface area contributed by atoms with Crippen LogP contribution in [0.2, 0.25) is 0 Å². The van der Waals surface area contributed by atoms with E-state index < -0.39 is 0 Å². The highest BCUT2D eigenvalue weighted by Gasteiger charge is 2.10. The summed E-state index contributed by atoms with van der Waals surface area (Å²) in [5.41, 5.74) is 4.11. The first-order valence-electron chi connectivity index (χ1n) is 5.82. The van der Waals surface area contributed by atoms with Crippen LogP contribution >= 0.6 is 0 Å². The van der Waals surface area contributed by atoms with E-state index in [1.165, 1.54) is 10.8 Å². The largest absolute Gasteiger partial charge is 0.354 e. The van der Waals surface area contributed by atoms with Crippen LogP contribution in [-0.4, -0.2) is 11.3 Å². The number of aldehydes is 1. The Bertz CT molecular complexity index is 709. The van der Waals surface area contributed by atoms with Gasteiger partial charge in [-0.05, 0) is 18.1 Å². The summed E-state index contributed by atoms with van der Waals surface area (Å²) in [4.78, 5) is 14.4. The second-order valence-electron chi connectivity index (χ2n) is 4.20. The van der Waals surface area contributed by atoms with E-state index in [2.05, 4.69) is 24.0 Å². The number of rotatable bonds is 2. The molecule has 1 aromatic heterocycles. The molecule has 17 heavy (non-hydrogen) atoms. The van der Waals surface area contributed by atoms with Gasteiger partial charge in [0.2, 0.25) is 0 Å². The number of para-hydroxylation sites is 1. The van der Waals surface area contributed by atoms with E-state index in [-0.39, 0.29) is 0 Å². The minimum atomic E-state index is 0.784. The van der Waals surface area contributed by atoms with E-state index in [9.17, 15) is 4.79 Å². The summed E-state index contributed by atoms with van der Waals surface area (Å²) in [6.07, 6.45) is 1.79. The first-order chi connectivity index (χ1) is 8.35. The lowest BCUT2D eigenvalue weighted by molar-refractivity contribution is 0.112. The highest BCUT2D eigenvalue weighted by atomic mass is 16.1. The number of fused-ring (bicyclic) bond motifs is 3. The molecule has 2 aromatic carbocycles. The highest BCUT2D eigenvalue weighted by Crippen LogP contribution is 2.29. The van der Waals surface area contributed by atoms with Crippen molar-refractivity contribution in [3.8, 4) is 0 Å². The number of hydrogen-bond acceptors (Lipinski definition) is 1. The van der Waals surface area contributed by atoms with Gasteiger partial charge >= 0.3 is 0 Å². The maximum absolute atomic E-state index is 11.0. The molecule has 0 amide bonds. The molecule has 0 saturated carbocycles. The Morgan fingerprint density at radius 2 is 1.94 bits per heavy atom. The van der Waals surface area contributed by atoms with Crippen LogP contribution in [0.1, 0.15) is 22.8 Å². The van der Waals surface area contributed by atoms with E-state index in [1.54, 1.807) is 0 Å². The number of aromatic amines is 1. The van der Waals surface area contributed by atoms with Crippen LogP contribution in [0.15, 0.2) is 36.4 Å². The molecule has 2 heteroatoms. The van der Waals surface area contributed by atoms with Crippen molar-refractivity contribution in [3.63, 3.8) is 0 Å². The zero-order valence-corrected chi connectivity index (χ0v) is 9.66. The molecule has 3 rings (SSSR count). The van der Waals surface area contributed by atoms with Crippen LogP contribution in [0.25, 0.3) is 21.8 Å². The topological polar surface area (TPSA) is 32.9 Å². The van der Waals surface area contributed by atoms with E-state index in [0.29, 0.717) is 0 Å². The monoisotopic (exact) mass is 223 g/mol. The number of aromatic nitrogens is 1. The lowest BCUT2D eigenvalue weighted by Crippen LogP contribution is -1.91. The third-order valence-electron chi connectivity index (χ3n) is 3.31. The van der Waals surface area contributed by atoms with Crippen LogP contribution in [0.4, 0.5) is 0 Å². The minimum Gasteiger partial charge on any atom is -0.354 e. The SMILES string of the molecule is CCc1c(C=O)ccc2c1[nH]c1ccccc12. The molecule has 1 heterocycles. The van der Waals surface area contributed by atoms with Crippen LogP contribution in [-0.2, 0) is 6.42 Å². The summed E-state index contributed by atoms with van der Waals surface area (Å²) in [6, 6.07) is 12.2. The lowest BCUT2D eigenvalue weighted by Gasteiger charge is -2.03. The highest BCUT2D eigenvalue weighted by molar-refractivity contribution is 6.09. The van der Waals surface area contributed by atoms with Gasteiger partial charge in [-0.1, -0.05) is 37.3 Å². The van der Waals surface area contributed by atoms with E-state index in [4.69, 9.17) is 0 Å². The van der Waals surface area contributed by atoms with Crippen molar-refractivity contribution >= 4 is 28.1 Å². The van der Waals surface area contributed by atoms with Crippen LogP contribution in [0, 0.1) is 0 Å². The summed E-state index contributed by atoms with van der Waals surface area (Å²) in [7, 11) is 0. The number of carbonyl (C=O) groups is 1. The maximum atomic E-state index is 11.0. The lowest BCUT2D eigenvalue weighted by atomic mass is 10.0. The molecule has 3 aromatic rings. The molecule has 0 fully saturated rings. The van der Waals surface area contributed by atoms with Crippen LogP contribution in [0.3, 0.4) is 0 Å². The van der Waals surface area contributed by atoms with Crippen molar-refractivity contribution in [1.29, 1.82) is 0 Å². The standard InChI is InChI=1S/C15H13NO/c1-2-11-10(9-17)7-8-13-12-5-3-4-6-14(12)16-15(11)13/h3-9,16H,2H2,1H3. The van der Waals surface area contributed by atoms with E-state index in [1.807, 2.05) is 24.3 Å². The summed E-state index contributed by atoms with van der Waals surface area (Å²) in [5.74, 6) is 0. The molecule has 2 nitrogen and oxygen atoms in total. The maximum Gasteiger partial charge on any atom is 0.150 e. The van der Waals surface area contributed by atoms with Crippen LogP contribution in [0.5, 0.6) is 0 Å². The van der Waals surface area contributed by atoms with Gasteiger partial charge in [-0.2, -0.15) is 0 Å². The van der Waals surface area contributed by atoms with Gasteiger partial charge < -0.3 is 4.98 Å². The van der Waals surface area contributed by atoms with Crippen molar-refractivity contribution in [2.24, 2.45) is 0 Å². The van der Waals surface area contributed by atoms with Crippen molar-refractivity contribution in [3.05, 3.63) is 47.5 Å². The number of aryl methyl sites for hydroxylation is 1. The Labute approximate surface area is 99.3 Å². The average Bonchev–Trinajstić information content (AvgIpc) is 2.75. The molecule has 0 aliphatic heterocycles. The second kappa shape index (κ2) is 3.74. The predicted molar refractivity (Wildman–Crippen MR) is 70.6 cm³/mol. The number of H-pyrrole nitrogens is 1. The van der Waals surface area contributed by atoms with Crippen molar-refractivity contribution in [2.75, 3.05) is 0 Å². The van der Waals surface area contributed by atoms with E-state index in [0.717, 1.165) is 34.9 Å². The molecule has 0 unspecified atom stereocenters. The molecular formula is C15H13NO. The molecule has 0 aliphatic rings. The fraction of sp³-hybridized carbons (Fsp3) is 0.133. The molecule has 0 radical (unpaired) electrons. The third kappa shape index (κ3) is 1.37. The Balaban J connectivity index is 2.51. The fourth-order valence-corrected chi connectivity index (χ4v) is 2.48. The average molecular weight is 223 g/mol. The van der Waals surface area contributed by atoms with Gasteiger partial charge in [-0.25, -0.2) is 0 Å². The summed E-state index contributed by atoms with van der Waals surface area (Å²) < 4.78 is 0. The molecule has 0 aliphatic carbocycles. The van der Waals surface area contributed by atoms with Crippen molar-refractivity contribution in [2.45, 2.75) is 13.3 Å². The van der Waals surface area contributed by atoms with Gasteiger partial charge in [-0.15, -0.1) is 0 Å². The Morgan fingerprint density at radius 1 is 1.12 bits per heavy atom. The normalized spacial score (nSPS) is 11.1. The first-order valence-corrected chi connectivity index (χ1v) is 5.82. The smallest absolute Gasteiger partial charge is 0.150 e. The van der Waals surface area contributed by atoms with Gasteiger partial charge in [-0.3, -0.25) is 4.79 Å². The minimum absolute atomic E-state index is 0.784. The summed E-state index contributed by atoms with van der Waals surface area (Å²) in [6.45, 7) is 2.08. The predicted octanol–water partition coefficient (Wildman–Crippen LogP) is 3.70. The quantitative estimate of drug-likeness (QED) is 0.660. The van der Waals surface area contributed by atoms with Gasteiger partial charge in [0.15, 0.2) is 0 Å². The number of benzene rings is 2. The molecule has 0 spiro atoms. The molecule has 1 N–H and O–H groups in total. The zero-order chi connectivity index (χ0) is 11.8. The van der Waals surface area contributed by atoms with E-state index >= 15 is 0 Å².